The molecule has 0 aliphatic rings. The lowest BCUT2D eigenvalue weighted by Gasteiger charge is -2.16. The van der Waals surface area contributed by atoms with Crippen LogP contribution < -0.4 is 0 Å². The number of benzene rings is 1. The summed E-state index contributed by atoms with van der Waals surface area (Å²) in [7, 11) is 0. The van der Waals surface area contributed by atoms with Crippen molar-refractivity contribution in [2.45, 2.75) is 59.3 Å². The van der Waals surface area contributed by atoms with Crippen LogP contribution in [0.15, 0.2) is 23.8 Å². The Morgan fingerprint density at radius 1 is 1.00 bits per heavy atom. The van der Waals surface area contributed by atoms with Gasteiger partial charge in [0.1, 0.15) is 5.57 Å². The molecule has 1 aromatic carbocycles. The van der Waals surface area contributed by atoms with Crippen molar-refractivity contribution in [1.29, 1.82) is 0 Å². The van der Waals surface area contributed by atoms with Crippen molar-refractivity contribution in [3.8, 4) is 0 Å². The maximum atomic E-state index is 11.4. The van der Waals surface area contributed by atoms with Gasteiger partial charge in [0.15, 0.2) is 0 Å². The van der Waals surface area contributed by atoms with Gasteiger partial charge in [0.25, 0.3) is 0 Å². The molecule has 4 heteroatoms. The maximum absolute atomic E-state index is 11.4. The number of aryl methyl sites for hydroxylation is 1. The zero-order chi connectivity index (χ0) is 17.4. The molecule has 0 atom stereocenters. The van der Waals surface area contributed by atoms with Gasteiger partial charge in [-0.15, -0.1) is 0 Å². The molecule has 0 unspecified atom stereocenters. The van der Waals surface area contributed by atoms with Crippen LogP contribution in [0.2, 0.25) is 0 Å². The summed E-state index contributed by atoms with van der Waals surface area (Å²) in [6.45, 7) is 6.08. The normalized spacial score (nSPS) is 10.4. The first-order chi connectivity index (χ1) is 10.9. The van der Waals surface area contributed by atoms with Crippen molar-refractivity contribution in [2.75, 3.05) is 0 Å². The molecule has 23 heavy (non-hydrogen) atoms. The van der Waals surface area contributed by atoms with Crippen molar-refractivity contribution in [3.05, 3.63) is 40.5 Å². The Hall–Kier alpha value is -2.10. The second-order valence-corrected chi connectivity index (χ2v) is 5.76. The summed E-state index contributed by atoms with van der Waals surface area (Å²) >= 11 is 0. The standard InChI is InChI=1S/C19H26O4/c1-4-6-9-14-10-8-12-15(13(14)3)16(11-7-5-2)17(18(20)21)19(22)23/h8,10,12H,4-7,9,11H2,1-3H3,(H,20,21)(H,22,23). The van der Waals surface area contributed by atoms with Crippen LogP contribution >= 0.6 is 0 Å². The first kappa shape index (κ1) is 18.9. The summed E-state index contributed by atoms with van der Waals surface area (Å²) in [5, 5.41) is 18.7. The number of allylic oxidation sites excluding steroid dienone is 1. The quantitative estimate of drug-likeness (QED) is 0.401. The summed E-state index contributed by atoms with van der Waals surface area (Å²) in [6, 6.07) is 5.76. The van der Waals surface area contributed by atoms with E-state index in [2.05, 4.69) is 6.92 Å². The van der Waals surface area contributed by atoms with E-state index in [9.17, 15) is 19.8 Å². The molecule has 1 aromatic rings. The number of carbonyl (C=O) groups is 2. The van der Waals surface area contributed by atoms with Crippen molar-refractivity contribution >= 4 is 17.5 Å². The number of hydrogen-bond acceptors (Lipinski definition) is 2. The van der Waals surface area contributed by atoms with Crippen LogP contribution in [0.1, 0.15) is 62.6 Å². The molecule has 0 aromatic heterocycles. The highest BCUT2D eigenvalue weighted by Gasteiger charge is 2.24. The fourth-order valence-corrected chi connectivity index (χ4v) is 2.75. The van der Waals surface area contributed by atoms with Gasteiger partial charge < -0.3 is 10.2 Å². The van der Waals surface area contributed by atoms with E-state index in [-0.39, 0.29) is 0 Å². The van der Waals surface area contributed by atoms with Gasteiger partial charge >= 0.3 is 11.9 Å². The molecule has 0 bridgehead atoms. The third kappa shape index (κ3) is 4.95. The smallest absolute Gasteiger partial charge is 0.343 e. The monoisotopic (exact) mass is 318 g/mol. The second-order valence-electron chi connectivity index (χ2n) is 5.76. The van der Waals surface area contributed by atoms with Crippen molar-refractivity contribution in [3.63, 3.8) is 0 Å². The first-order valence-corrected chi connectivity index (χ1v) is 8.22. The lowest BCUT2D eigenvalue weighted by atomic mass is 9.88. The fraction of sp³-hybridized carbons (Fsp3) is 0.474. The van der Waals surface area contributed by atoms with Gasteiger partial charge in [-0.05, 0) is 54.9 Å². The van der Waals surface area contributed by atoms with E-state index in [1.54, 1.807) is 0 Å². The molecule has 0 aliphatic heterocycles. The summed E-state index contributed by atoms with van der Waals surface area (Å²) in [5.41, 5.74) is 2.84. The van der Waals surface area contributed by atoms with Crippen molar-refractivity contribution < 1.29 is 19.8 Å². The molecule has 2 N–H and O–H groups in total. The molecule has 0 saturated carbocycles. The van der Waals surface area contributed by atoms with E-state index in [1.165, 1.54) is 0 Å². The number of unbranched alkanes of at least 4 members (excludes halogenated alkanes) is 2. The van der Waals surface area contributed by atoms with Crippen LogP contribution in [0.5, 0.6) is 0 Å². The molecule has 0 amide bonds. The molecular weight excluding hydrogens is 292 g/mol. The number of rotatable bonds is 9. The Morgan fingerprint density at radius 3 is 2.13 bits per heavy atom. The first-order valence-electron chi connectivity index (χ1n) is 8.22. The van der Waals surface area contributed by atoms with Crippen LogP contribution in [0.4, 0.5) is 0 Å². The predicted molar refractivity (Wildman–Crippen MR) is 91.5 cm³/mol. The zero-order valence-corrected chi connectivity index (χ0v) is 14.2. The van der Waals surface area contributed by atoms with Crippen LogP contribution in [0.25, 0.3) is 5.57 Å². The topological polar surface area (TPSA) is 74.6 Å². The highest BCUT2D eigenvalue weighted by atomic mass is 16.4. The molecule has 0 aliphatic carbocycles. The van der Waals surface area contributed by atoms with Crippen LogP contribution in [-0.4, -0.2) is 22.2 Å². The lowest BCUT2D eigenvalue weighted by Crippen LogP contribution is -2.15. The van der Waals surface area contributed by atoms with Crippen LogP contribution in [0.3, 0.4) is 0 Å². The predicted octanol–water partition coefficient (Wildman–Crippen LogP) is 4.45. The highest BCUT2D eigenvalue weighted by molar-refractivity contribution is 6.18. The summed E-state index contributed by atoms with van der Waals surface area (Å²) in [5.74, 6) is -2.75. The third-order valence-electron chi connectivity index (χ3n) is 4.08. The minimum absolute atomic E-state index is 0.433. The highest BCUT2D eigenvalue weighted by Crippen LogP contribution is 2.30. The van der Waals surface area contributed by atoms with Crippen molar-refractivity contribution in [1.82, 2.24) is 0 Å². The van der Waals surface area contributed by atoms with Gasteiger partial charge in [0, 0.05) is 0 Å². The molecular formula is C19H26O4. The van der Waals surface area contributed by atoms with Gasteiger partial charge in [-0.1, -0.05) is 44.9 Å². The van der Waals surface area contributed by atoms with Gasteiger partial charge in [-0.25, -0.2) is 9.59 Å². The Bertz CT molecular complexity index is 583. The average Bonchev–Trinajstić information content (AvgIpc) is 2.49. The van der Waals surface area contributed by atoms with Gasteiger partial charge in [0.2, 0.25) is 0 Å². The SMILES string of the molecule is CCCCC(=C(C(=O)O)C(=O)O)c1cccc(CCCC)c1C. The van der Waals surface area contributed by atoms with Crippen molar-refractivity contribution in [2.24, 2.45) is 0 Å². The van der Waals surface area contributed by atoms with E-state index in [4.69, 9.17) is 0 Å². The third-order valence-corrected chi connectivity index (χ3v) is 4.08. The zero-order valence-electron chi connectivity index (χ0n) is 14.2. The van der Waals surface area contributed by atoms with E-state index < -0.39 is 17.5 Å². The largest absolute Gasteiger partial charge is 0.477 e. The molecule has 0 spiro atoms. The lowest BCUT2D eigenvalue weighted by molar-refractivity contribution is -0.140. The number of hydrogen-bond donors (Lipinski definition) is 2. The van der Waals surface area contributed by atoms with Crippen LogP contribution in [-0.2, 0) is 16.0 Å². The summed E-state index contributed by atoms with van der Waals surface area (Å²) in [4.78, 5) is 22.9. The average molecular weight is 318 g/mol. The molecule has 1 rings (SSSR count). The molecule has 4 nitrogen and oxygen atoms in total. The van der Waals surface area contributed by atoms with Gasteiger partial charge in [-0.3, -0.25) is 0 Å². The minimum atomic E-state index is -1.37. The van der Waals surface area contributed by atoms with E-state index in [1.807, 2.05) is 32.0 Å². The number of carboxylic acid groups (broad SMARTS) is 2. The number of carboxylic acids is 2. The Labute approximate surface area is 137 Å². The molecule has 0 heterocycles. The minimum Gasteiger partial charge on any atom is -0.477 e. The Morgan fingerprint density at radius 2 is 1.61 bits per heavy atom. The molecule has 0 fully saturated rings. The Balaban J connectivity index is 3.46. The Kier molecular flexibility index (Phi) is 7.52. The van der Waals surface area contributed by atoms with E-state index in [0.29, 0.717) is 12.0 Å². The molecule has 126 valence electrons. The number of aliphatic carboxylic acids is 2. The van der Waals surface area contributed by atoms with E-state index >= 15 is 0 Å². The molecule has 0 radical (unpaired) electrons. The fourth-order valence-electron chi connectivity index (χ4n) is 2.75. The van der Waals surface area contributed by atoms with E-state index in [0.717, 1.165) is 48.8 Å². The van der Waals surface area contributed by atoms with Gasteiger partial charge in [0.05, 0.1) is 0 Å². The van der Waals surface area contributed by atoms with Gasteiger partial charge in [-0.2, -0.15) is 0 Å². The molecule has 0 saturated heterocycles. The summed E-state index contributed by atoms with van der Waals surface area (Å²) < 4.78 is 0. The van der Waals surface area contributed by atoms with Crippen LogP contribution in [0, 0.1) is 6.92 Å². The maximum Gasteiger partial charge on any atom is 0.343 e. The summed E-state index contributed by atoms with van der Waals surface area (Å²) in [6.07, 6.45) is 5.17. The second kappa shape index (κ2) is 9.13.